The van der Waals surface area contributed by atoms with Crippen molar-refractivity contribution in [2.24, 2.45) is 5.41 Å². The highest BCUT2D eigenvalue weighted by atomic mass is 16.3. The van der Waals surface area contributed by atoms with Gasteiger partial charge in [0.1, 0.15) is 5.41 Å². The van der Waals surface area contributed by atoms with Crippen LogP contribution >= 0.6 is 0 Å². The van der Waals surface area contributed by atoms with E-state index in [2.05, 4.69) is 6.07 Å². The van der Waals surface area contributed by atoms with E-state index in [1.54, 1.807) is 11.8 Å². The topological polar surface area (TPSA) is 64.3 Å². The molecule has 0 aromatic carbocycles. The van der Waals surface area contributed by atoms with Crippen molar-refractivity contribution in [1.29, 1.82) is 5.26 Å². The molecule has 19 heavy (non-hydrogen) atoms. The van der Waals surface area contributed by atoms with Gasteiger partial charge in [-0.25, -0.2) is 0 Å². The molecule has 1 saturated carbocycles. The van der Waals surface area contributed by atoms with Gasteiger partial charge in [0.05, 0.1) is 11.7 Å². The number of hydrogen-bond acceptors (Lipinski definition) is 3. The monoisotopic (exact) mass is 264 g/mol. The molecule has 1 heterocycles. The molecule has 1 saturated heterocycles. The normalized spacial score (nSPS) is 31.3. The average Bonchev–Trinajstić information content (AvgIpc) is 2.63. The third-order valence-corrected chi connectivity index (χ3v) is 4.54. The summed E-state index contributed by atoms with van der Waals surface area (Å²) in [6.45, 7) is 2.83. The Hall–Kier alpha value is -1.08. The lowest BCUT2D eigenvalue weighted by Gasteiger charge is -2.40. The summed E-state index contributed by atoms with van der Waals surface area (Å²) in [6.07, 6.45) is 7.08. The van der Waals surface area contributed by atoms with E-state index < -0.39 is 11.0 Å². The molecule has 1 amide bonds. The van der Waals surface area contributed by atoms with E-state index in [0.29, 0.717) is 25.9 Å². The molecule has 2 fully saturated rings. The molecule has 0 radical (unpaired) electrons. The fourth-order valence-electron chi connectivity index (χ4n) is 3.40. The number of amides is 1. The number of aliphatic hydroxyl groups is 1. The van der Waals surface area contributed by atoms with Gasteiger partial charge in [-0.1, -0.05) is 25.7 Å². The second-order valence-electron chi connectivity index (χ2n) is 6.44. The number of nitriles is 1. The summed E-state index contributed by atoms with van der Waals surface area (Å²) in [5.41, 5.74) is -1.63. The third kappa shape index (κ3) is 3.09. The Labute approximate surface area is 115 Å². The summed E-state index contributed by atoms with van der Waals surface area (Å²) >= 11 is 0. The molecule has 4 nitrogen and oxygen atoms in total. The molecule has 4 heteroatoms. The second-order valence-corrected chi connectivity index (χ2v) is 6.44. The number of carbonyl (C=O) groups excluding carboxylic acids is 1. The molecule has 1 unspecified atom stereocenters. The van der Waals surface area contributed by atoms with Crippen LogP contribution in [0.5, 0.6) is 0 Å². The van der Waals surface area contributed by atoms with Crippen LogP contribution in [0, 0.1) is 16.7 Å². The van der Waals surface area contributed by atoms with Gasteiger partial charge in [-0.05, 0) is 32.6 Å². The van der Waals surface area contributed by atoms with E-state index in [-0.39, 0.29) is 5.91 Å². The Morgan fingerprint density at radius 3 is 2.32 bits per heavy atom. The lowest BCUT2D eigenvalue weighted by molar-refractivity contribution is -0.146. The quantitative estimate of drug-likeness (QED) is 0.739. The van der Waals surface area contributed by atoms with Gasteiger partial charge in [0.2, 0.25) is 5.91 Å². The fourth-order valence-corrected chi connectivity index (χ4v) is 3.40. The highest BCUT2D eigenvalue weighted by molar-refractivity contribution is 5.85. The van der Waals surface area contributed by atoms with Crippen molar-refractivity contribution in [2.45, 2.75) is 63.9 Å². The van der Waals surface area contributed by atoms with Crippen molar-refractivity contribution in [3.63, 3.8) is 0 Å². The van der Waals surface area contributed by atoms with Crippen LogP contribution in [0.1, 0.15) is 58.3 Å². The van der Waals surface area contributed by atoms with E-state index in [9.17, 15) is 15.2 Å². The van der Waals surface area contributed by atoms with E-state index in [0.717, 1.165) is 38.5 Å². The van der Waals surface area contributed by atoms with E-state index in [4.69, 9.17) is 0 Å². The third-order valence-electron chi connectivity index (χ3n) is 4.54. The summed E-state index contributed by atoms with van der Waals surface area (Å²) in [7, 11) is 0. The van der Waals surface area contributed by atoms with Crippen molar-refractivity contribution in [2.75, 3.05) is 13.1 Å². The summed E-state index contributed by atoms with van der Waals surface area (Å²) in [5, 5.41) is 19.7. The lowest BCUT2D eigenvalue weighted by atomic mass is 9.79. The molecule has 1 aliphatic carbocycles. The van der Waals surface area contributed by atoms with Gasteiger partial charge in [-0.3, -0.25) is 4.79 Å². The predicted molar refractivity (Wildman–Crippen MR) is 72.2 cm³/mol. The minimum Gasteiger partial charge on any atom is -0.388 e. The molecule has 1 aliphatic heterocycles. The van der Waals surface area contributed by atoms with Crippen LogP contribution in [0.2, 0.25) is 0 Å². The van der Waals surface area contributed by atoms with Gasteiger partial charge < -0.3 is 10.0 Å². The second kappa shape index (κ2) is 5.50. The molecule has 0 bridgehead atoms. The van der Waals surface area contributed by atoms with Crippen molar-refractivity contribution in [3.8, 4) is 6.07 Å². The molecular formula is C15H24N2O2. The summed E-state index contributed by atoms with van der Waals surface area (Å²) in [5.74, 6) is -0.0446. The van der Waals surface area contributed by atoms with E-state index in [1.165, 1.54) is 0 Å². The van der Waals surface area contributed by atoms with Gasteiger partial charge in [0, 0.05) is 13.1 Å². The van der Waals surface area contributed by atoms with Crippen LogP contribution in [0.3, 0.4) is 0 Å². The first-order valence-electron chi connectivity index (χ1n) is 7.42. The molecule has 0 aromatic heterocycles. The van der Waals surface area contributed by atoms with E-state index in [1.807, 2.05) is 0 Å². The predicted octanol–water partition coefficient (Wildman–Crippen LogP) is 2.22. The van der Waals surface area contributed by atoms with Gasteiger partial charge in [-0.2, -0.15) is 5.26 Å². The first kappa shape index (κ1) is 14.3. The molecule has 2 aliphatic rings. The van der Waals surface area contributed by atoms with Gasteiger partial charge in [0.15, 0.2) is 0 Å². The average molecular weight is 264 g/mol. The van der Waals surface area contributed by atoms with Crippen LogP contribution in [0.15, 0.2) is 0 Å². The molecular weight excluding hydrogens is 240 g/mol. The standard InChI is InChI=1S/C15H24N2O2/c1-14(19)7-6-10-17(12-14)13(18)15(11-16)8-4-2-3-5-9-15/h19H,2-10,12H2,1H3. The summed E-state index contributed by atoms with van der Waals surface area (Å²) < 4.78 is 0. The minimum atomic E-state index is -0.829. The fraction of sp³-hybridized carbons (Fsp3) is 0.867. The summed E-state index contributed by atoms with van der Waals surface area (Å²) in [6, 6.07) is 2.31. The van der Waals surface area contributed by atoms with Gasteiger partial charge in [-0.15, -0.1) is 0 Å². The SMILES string of the molecule is CC1(O)CCCN(C(=O)C2(C#N)CCCCCC2)C1. The Bertz CT molecular complexity index is 376. The highest BCUT2D eigenvalue weighted by Gasteiger charge is 2.44. The number of β-amino-alcohol motifs (C(OH)–C–C–N with tert-alkyl or cyclic N) is 1. The Morgan fingerprint density at radius 1 is 1.16 bits per heavy atom. The maximum absolute atomic E-state index is 12.7. The maximum Gasteiger partial charge on any atom is 0.243 e. The van der Waals surface area contributed by atoms with Gasteiger partial charge in [0.25, 0.3) is 0 Å². The molecule has 106 valence electrons. The van der Waals surface area contributed by atoms with Crippen LogP contribution in [-0.4, -0.2) is 34.6 Å². The molecule has 1 atom stereocenters. The minimum absolute atomic E-state index is 0.0446. The van der Waals surface area contributed by atoms with Crippen molar-refractivity contribution >= 4 is 5.91 Å². The van der Waals surface area contributed by atoms with Gasteiger partial charge >= 0.3 is 0 Å². The number of nitrogens with zero attached hydrogens (tertiary/aromatic N) is 2. The van der Waals surface area contributed by atoms with Crippen molar-refractivity contribution in [3.05, 3.63) is 0 Å². The van der Waals surface area contributed by atoms with Crippen LogP contribution in [-0.2, 0) is 4.79 Å². The molecule has 0 spiro atoms. The lowest BCUT2D eigenvalue weighted by Crippen LogP contribution is -2.53. The van der Waals surface area contributed by atoms with Crippen molar-refractivity contribution < 1.29 is 9.90 Å². The Morgan fingerprint density at radius 2 is 1.79 bits per heavy atom. The van der Waals surface area contributed by atoms with Crippen molar-refractivity contribution in [1.82, 2.24) is 4.90 Å². The van der Waals surface area contributed by atoms with Crippen LogP contribution in [0.25, 0.3) is 0 Å². The smallest absolute Gasteiger partial charge is 0.243 e. The molecule has 0 aromatic rings. The van der Waals surface area contributed by atoms with Crippen LogP contribution < -0.4 is 0 Å². The maximum atomic E-state index is 12.7. The number of carbonyl (C=O) groups is 1. The zero-order valence-electron chi connectivity index (χ0n) is 11.8. The number of piperidine rings is 1. The Balaban J connectivity index is 2.14. The Kier molecular flexibility index (Phi) is 4.15. The van der Waals surface area contributed by atoms with Crippen LogP contribution in [0.4, 0.5) is 0 Å². The largest absolute Gasteiger partial charge is 0.388 e. The zero-order chi connectivity index (χ0) is 13.9. The summed E-state index contributed by atoms with van der Waals surface area (Å²) in [4.78, 5) is 14.5. The number of hydrogen-bond donors (Lipinski definition) is 1. The molecule has 1 N–H and O–H groups in total. The number of likely N-dealkylation sites (tertiary alicyclic amines) is 1. The zero-order valence-corrected chi connectivity index (χ0v) is 11.8. The van der Waals surface area contributed by atoms with E-state index >= 15 is 0 Å². The first-order chi connectivity index (χ1) is 8.99. The highest BCUT2D eigenvalue weighted by Crippen LogP contribution is 2.37. The number of rotatable bonds is 1. The molecule has 2 rings (SSSR count). The first-order valence-corrected chi connectivity index (χ1v) is 7.42.